The second-order valence-corrected chi connectivity index (χ2v) is 7.08. The van der Waals surface area contributed by atoms with E-state index in [0.29, 0.717) is 18.2 Å². The molecule has 2 atom stereocenters. The van der Waals surface area contributed by atoms with Crippen molar-refractivity contribution < 1.29 is 9.53 Å². The van der Waals surface area contributed by atoms with Gasteiger partial charge in [0.05, 0.1) is 19.0 Å². The van der Waals surface area contributed by atoms with Crippen LogP contribution in [-0.2, 0) is 17.9 Å². The van der Waals surface area contributed by atoms with E-state index >= 15 is 0 Å². The zero-order valence-corrected chi connectivity index (χ0v) is 14.7. The van der Waals surface area contributed by atoms with Crippen LogP contribution in [-0.4, -0.2) is 45.6 Å². The van der Waals surface area contributed by atoms with Gasteiger partial charge in [0.15, 0.2) is 0 Å². The molecule has 7 heteroatoms. The van der Waals surface area contributed by atoms with Gasteiger partial charge in [-0.2, -0.15) is 0 Å². The summed E-state index contributed by atoms with van der Waals surface area (Å²) in [5.41, 5.74) is 1.04. The van der Waals surface area contributed by atoms with Crippen LogP contribution in [0.5, 0.6) is 5.75 Å². The van der Waals surface area contributed by atoms with Gasteiger partial charge in [0.1, 0.15) is 5.75 Å². The van der Waals surface area contributed by atoms with Crippen LogP contribution in [0.4, 0.5) is 0 Å². The minimum atomic E-state index is -0.0157. The number of carbonyl (C=O) groups excluding carboxylic acids is 1. The Morgan fingerprint density at radius 1 is 1.40 bits per heavy atom. The van der Waals surface area contributed by atoms with Crippen molar-refractivity contribution in [3.05, 3.63) is 47.5 Å². The van der Waals surface area contributed by atoms with Crippen LogP contribution in [0, 0.1) is 0 Å². The van der Waals surface area contributed by atoms with Gasteiger partial charge in [-0.25, -0.2) is 4.98 Å². The lowest BCUT2D eigenvalue weighted by Gasteiger charge is -2.27. The maximum absolute atomic E-state index is 11.9. The normalized spacial score (nSPS) is 22.4. The number of imidazole rings is 1. The first-order valence-electron chi connectivity index (χ1n) is 8.60. The summed E-state index contributed by atoms with van der Waals surface area (Å²) in [6.45, 7) is 3.08. The molecule has 0 radical (unpaired) electrons. The zero-order valence-electron chi connectivity index (χ0n) is 13.9. The summed E-state index contributed by atoms with van der Waals surface area (Å²) >= 11 is 6.18. The van der Waals surface area contributed by atoms with E-state index in [1.54, 1.807) is 12.5 Å². The topological polar surface area (TPSA) is 59.4 Å². The third kappa shape index (κ3) is 3.65. The number of hydrogen-bond donors (Lipinski definition) is 1. The molecule has 1 amide bonds. The van der Waals surface area contributed by atoms with Crippen LogP contribution in [0.15, 0.2) is 36.9 Å². The predicted molar refractivity (Wildman–Crippen MR) is 94.5 cm³/mol. The van der Waals surface area contributed by atoms with E-state index in [1.165, 1.54) is 0 Å². The average molecular weight is 361 g/mol. The Morgan fingerprint density at radius 2 is 2.32 bits per heavy atom. The molecule has 3 heterocycles. The quantitative estimate of drug-likeness (QED) is 0.768. The zero-order chi connectivity index (χ0) is 17.2. The molecule has 2 fully saturated rings. The molecular weight excluding hydrogens is 340 g/mol. The van der Waals surface area contributed by atoms with Gasteiger partial charge in [-0.05, 0) is 31.0 Å². The highest BCUT2D eigenvalue weighted by Gasteiger charge is 2.43. The maximum Gasteiger partial charge on any atom is 0.237 e. The Hall–Kier alpha value is -2.05. The lowest BCUT2D eigenvalue weighted by atomic mass is 10.1. The van der Waals surface area contributed by atoms with Crippen LogP contribution in [0.1, 0.15) is 18.4 Å². The number of hydrogen-bond acceptors (Lipinski definition) is 4. The predicted octanol–water partition coefficient (Wildman–Crippen LogP) is 2.08. The summed E-state index contributed by atoms with van der Waals surface area (Å²) < 4.78 is 8.02. The van der Waals surface area contributed by atoms with E-state index in [4.69, 9.17) is 16.3 Å². The molecule has 0 aliphatic carbocycles. The van der Waals surface area contributed by atoms with E-state index in [1.807, 2.05) is 29.0 Å². The first-order chi connectivity index (χ1) is 12.2. The minimum Gasteiger partial charge on any atom is -0.493 e. The fourth-order valence-corrected chi connectivity index (χ4v) is 3.83. The number of aromatic nitrogens is 2. The number of benzene rings is 1. The van der Waals surface area contributed by atoms with Gasteiger partial charge in [0.25, 0.3) is 0 Å². The number of carbonyl (C=O) groups is 1. The molecule has 2 aliphatic heterocycles. The first-order valence-corrected chi connectivity index (χ1v) is 8.98. The van der Waals surface area contributed by atoms with Crippen LogP contribution >= 0.6 is 11.6 Å². The molecule has 1 aromatic heterocycles. The summed E-state index contributed by atoms with van der Waals surface area (Å²) in [4.78, 5) is 18.1. The summed E-state index contributed by atoms with van der Waals surface area (Å²) in [5, 5.41) is 3.69. The molecule has 25 heavy (non-hydrogen) atoms. The SMILES string of the molecule is O=C1N[C@H]2C[C@@H]1N(Cc1cc(Cl)ccc1OCCCn1ccnc1)C2. The summed E-state index contributed by atoms with van der Waals surface area (Å²) in [5.74, 6) is 0.985. The van der Waals surface area contributed by atoms with Crippen molar-refractivity contribution in [2.45, 2.75) is 38.0 Å². The van der Waals surface area contributed by atoms with Crippen molar-refractivity contribution in [1.82, 2.24) is 19.8 Å². The van der Waals surface area contributed by atoms with E-state index in [2.05, 4.69) is 15.2 Å². The van der Waals surface area contributed by atoms with E-state index in [9.17, 15) is 4.79 Å². The van der Waals surface area contributed by atoms with Crippen molar-refractivity contribution in [3.8, 4) is 5.75 Å². The number of nitrogens with one attached hydrogen (secondary N) is 1. The van der Waals surface area contributed by atoms with Crippen molar-refractivity contribution in [2.75, 3.05) is 13.2 Å². The third-order valence-electron chi connectivity index (χ3n) is 4.83. The van der Waals surface area contributed by atoms with Crippen molar-refractivity contribution in [1.29, 1.82) is 0 Å². The Bertz CT molecular complexity index is 750. The van der Waals surface area contributed by atoms with Crippen LogP contribution in [0.3, 0.4) is 0 Å². The molecule has 1 N–H and O–H groups in total. The number of nitrogens with zero attached hydrogens (tertiary/aromatic N) is 3. The monoisotopic (exact) mass is 360 g/mol. The van der Waals surface area contributed by atoms with Crippen LogP contribution < -0.4 is 10.1 Å². The molecule has 0 spiro atoms. The van der Waals surface area contributed by atoms with E-state index in [-0.39, 0.29) is 18.0 Å². The number of ether oxygens (including phenoxy) is 1. The summed E-state index contributed by atoms with van der Waals surface area (Å²) in [7, 11) is 0. The highest BCUT2D eigenvalue weighted by molar-refractivity contribution is 6.30. The fraction of sp³-hybridized carbons (Fsp3) is 0.444. The van der Waals surface area contributed by atoms with Gasteiger partial charge in [-0.3, -0.25) is 9.69 Å². The molecule has 2 aromatic rings. The maximum atomic E-state index is 11.9. The number of aryl methyl sites for hydroxylation is 1. The van der Waals surface area contributed by atoms with Gasteiger partial charge in [0, 0.05) is 48.7 Å². The number of fused-ring (bicyclic) bond motifs is 2. The highest BCUT2D eigenvalue weighted by atomic mass is 35.5. The molecule has 0 unspecified atom stereocenters. The lowest BCUT2D eigenvalue weighted by molar-refractivity contribution is -0.125. The number of amides is 1. The molecule has 2 aliphatic rings. The Morgan fingerprint density at radius 3 is 3.08 bits per heavy atom. The Labute approximate surface area is 151 Å². The van der Waals surface area contributed by atoms with Gasteiger partial charge >= 0.3 is 0 Å². The molecule has 2 bridgehead atoms. The number of piperazine rings is 1. The van der Waals surface area contributed by atoms with Crippen molar-refractivity contribution in [3.63, 3.8) is 0 Å². The number of halogens is 1. The number of rotatable bonds is 7. The van der Waals surface area contributed by atoms with E-state index < -0.39 is 0 Å². The van der Waals surface area contributed by atoms with Crippen LogP contribution in [0.2, 0.25) is 5.02 Å². The number of likely N-dealkylation sites (tertiary alicyclic amines) is 1. The smallest absolute Gasteiger partial charge is 0.237 e. The van der Waals surface area contributed by atoms with Crippen LogP contribution in [0.25, 0.3) is 0 Å². The molecule has 132 valence electrons. The molecule has 1 aromatic carbocycles. The largest absolute Gasteiger partial charge is 0.493 e. The lowest BCUT2D eigenvalue weighted by Crippen LogP contribution is -2.47. The van der Waals surface area contributed by atoms with Gasteiger partial charge < -0.3 is 14.6 Å². The van der Waals surface area contributed by atoms with Gasteiger partial charge in [-0.15, -0.1) is 0 Å². The average Bonchev–Trinajstić information content (AvgIpc) is 3.30. The van der Waals surface area contributed by atoms with E-state index in [0.717, 1.165) is 37.2 Å². The first kappa shape index (κ1) is 16.4. The minimum absolute atomic E-state index is 0.0157. The fourth-order valence-electron chi connectivity index (χ4n) is 3.63. The standard InChI is InChI=1S/C18H21ClN4O2/c19-14-2-3-17(25-7-1-5-22-6-4-20-12-22)13(8-14)10-23-11-15-9-16(23)18(24)21-15/h2-4,6,8,12,15-16H,1,5,7,9-11H2,(H,21,24)/t15-,16-/m0/s1. The molecule has 4 rings (SSSR count). The molecule has 2 saturated heterocycles. The summed E-state index contributed by atoms with van der Waals surface area (Å²) in [6, 6.07) is 5.98. The Kier molecular flexibility index (Phi) is 4.63. The molecular formula is C18H21ClN4O2. The van der Waals surface area contributed by atoms with Crippen molar-refractivity contribution in [2.24, 2.45) is 0 Å². The second kappa shape index (κ2) is 7.06. The highest BCUT2D eigenvalue weighted by Crippen LogP contribution is 2.30. The summed E-state index contributed by atoms with van der Waals surface area (Å²) in [6.07, 6.45) is 7.33. The molecule has 0 saturated carbocycles. The molecule has 6 nitrogen and oxygen atoms in total. The Balaban J connectivity index is 1.37. The van der Waals surface area contributed by atoms with Crippen molar-refractivity contribution >= 4 is 17.5 Å². The van der Waals surface area contributed by atoms with Gasteiger partial charge in [0.2, 0.25) is 5.91 Å². The third-order valence-corrected chi connectivity index (χ3v) is 5.06. The van der Waals surface area contributed by atoms with Gasteiger partial charge in [-0.1, -0.05) is 11.6 Å². The second-order valence-electron chi connectivity index (χ2n) is 6.64.